The molecule has 1 aromatic heterocycles. The van der Waals surface area contributed by atoms with Gasteiger partial charge in [0.2, 0.25) is 5.91 Å². The van der Waals surface area contributed by atoms with Crippen molar-refractivity contribution in [1.29, 1.82) is 0 Å². The molecule has 0 fully saturated rings. The molecule has 16 heavy (non-hydrogen) atoms. The van der Waals surface area contributed by atoms with Crippen molar-refractivity contribution in [2.24, 2.45) is 0 Å². The third kappa shape index (κ3) is 5.35. The Hall–Kier alpha value is -1.57. The summed E-state index contributed by atoms with van der Waals surface area (Å²) in [6, 6.07) is 1.55. The fourth-order valence-corrected chi connectivity index (χ4v) is 0.898. The van der Waals surface area contributed by atoms with Crippen LogP contribution < -0.4 is 10.6 Å². The minimum atomic E-state index is -4.31. The fraction of sp³-hybridized carbons (Fsp3) is 0.500. The number of carbonyl (C=O) groups excluding carboxylic acids is 1. The smallest absolute Gasteiger partial charge is 0.364 e. The minimum Gasteiger partial charge on any atom is -0.364 e. The molecule has 0 unspecified atom stereocenters. The predicted octanol–water partition coefficient (Wildman–Crippen LogP) is 0.443. The zero-order valence-corrected chi connectivity index (χ0v) is 8.17. The van der Waals surface area contributed by atoms with Crippen molar-refractivity contribution in [3.8, 4) is 0 Å². The molecule has 0 radical (unpaired) electrons. The SMILES string of the molecule is O=C(CNCC(F)(F)F)NCc1ccon1. The van der Waals surface area contributed by atoms with E-state index in [1.807, 2.05) is 5.32 Å². The highest BCUT2D eigenvalue weighted by molar-refractivity contribution is 5.77. The van der Waals surface area contributed by atoms with E-state index >= 15 is 0 Å². The molecule has 0 saturated carbocycles. The molecule has 0 bridgehead atoms. The van der Waals surface area contributed by atoms with E-state index in [2.05, 4.69) is 15.0 Å². The first-order valence-electron chi connectivity index (χ1n) is 4.41. The Morgan fingerprint density at radius 3 is 2.81 bits per heavy atom. The molecule has 0 saturated heterocycles. The third-order valence-electron chi connectivity index (χ3n) is 1.57. The Balaban J connectivity index is 2.12. The van der Waals surface area contributed by atoms with Gasteiger partial charge < -0.3 is 15.2 Å². The largest absolute Gasteiger partial charge is 0.401 e. The summed E-state index contributed by atoms with van der Waals surface area (Å²) in [5, 5.41) is 7.87. The Morgan fingerprint density at radius 1 is 1.50 bits per heavy atom. The lowest BCUT2D eigenvalue weighted by atomic mass is 10.4. The second-order valence-corrected chi connectivity index (χ2v) is 2.99. The Bertz CT molecular complexity index is 324. The Labute approximate surface area is 89.0 Å². The Kier molecular flexibility index (Phi) is 4.29. The van der Waals surface area contributed by atoms with Crippen LogP contribution in [0.3, 0.4) is 0 Å². The second-order valence-electron chi connectivity index (χ2n) is 2.99. The predicted molar refractivity (Wildman–Crippen MR) is 47.3 cm³/mol. The molecule has 0 aliphatic rings. The van der Waals surface area contributed by atoms with E-state index in [-0.39, 0.29) is 6.54 Å². The van der Waals surface area contributed by atoms with Crippen molar-refractivity contribution < 1.29 is 22.5 Å². The standard InChI is InChI=1S/C8H10F3N3O2/c9-8(10,11)5-12-4-7(15)13-3-6-1-2-16-14-6/h1-2,12H,3-5H2,(H,13,15). The van der Waals surface area contributed by atoms with Crippen molar-refractivity contribution in [2.45, 2.75) is 12.7 Å². The fourth-order valence-electron chi connectivity index (χ4n) is 0.898. The maximum absolute atomic E-state index is 11.7. The zero-order chi connectivity index (χ0) is 12.0. The number of halogens is 3. The van der Waals surface area contributed by atoms with Crippen molar-refractivity contribution >= 4 is 5.91 Å². The monoisotopic (exact) mass is 237 g/mol. The highest BCUT2D eigenvalue weighted by Crippen LogP contribution is 2.11. The van der Waals surface area contributed by atoms with Crippen molar-refractivity contribution in [1.82, 2.24) is 15.8 Å². The number of nitrogens with zero attached hydrogens (tertiary/aromatic N) is 1. The van der Waals surface area contributed by atoms with Gasteiger partial charge in [0, 0.05) is 6.07 Å². The molecule has 1 amide bonds. The van der Waals surface area contributed by atoms with Gasteiger partial charge in [-0.3, -0.25) is 4.79 Å². The lowest BCUT2D eigenvalue weighted by Gasteiger charge is -2.07. The molecule has 0 spiro atoms. The molecule has 0 aliphatic heterocycles. The lowest BCUT2D eigenvalue weighted by molar-refractivity contribution is -0.128. The number of alkyl halides is 3. The van der Waals surface area contributed by atoms with Crippen LogP contribution in [0.4, 0.5) is 13.2 Å². The summed E-state index contributed by atoms with van der Waals surface area (Å²) in [7, 11) is 0. The van der Waals surface area contributed by atoms with Gasteiger partial charge >= 0.3 is 6.18 Å². The minimum absolute atomic E-state index is 0.128. The van der Waals surface area contributed by atoms with Crippen LogP contribution in [-0.2, 0) is 11.3 Å². The van der Waals surface area contributed by atoms with Crippen molar-refractivity contribution in [3.05, 3.63) is 18.0 Å². The molecular weight excluding hydrogens is 227 g/mol. The van der Waals surface area contributed by atoms with E-state index < -0.39 is 25.2 Å². The summed E-state index contributed by atoms with van der Waals surface area (Å²) < 4.78 is 39.6. The lowest BCUT2D eigenvalue weighted by Crippen LogP contribution is -2.38. The molecule has 2 N–H and O–H groups in total. The highest BCUT2D eigenvalue weighted by Gasteiger charge is 2.26. The zero-order valence-electron chi connectivity index (χ0n) is 8.17. The van der Waals surface area contributed by atoms with Gasteiger partial charge in [-0.15, -0.1) is 0 Å². The van der Waals surface area contributed by atoms with Crippen LogP contribution in [0.1, 0.15) is 5.69 Å². The van der Waals surface area contributed by atoms with Crippen LogP contribution in [0.25, 0.3) is 0 Å². The third-order valence-corrected chi connectivity index (χ3v) is 1.57. The van der Waals surface area contributed by atoms with E-state index in [1.165, 1.54) is 6.26 Å². The average Bonchev–Trinajstić information content (AvgIpc) is 2.65. The summed E-state index contributed by atoms with van der Waals surface area (Å²) >= 11 is 0. The van der Waals surface area contributed by atoms with Gasteiger partial charge in [-0.25, -0.2) is 0 Å². The van der Waals surface area contributed by atoms with Crippen LogP contribution >= 0.6 is 0 Å². The molecular formula is C8H10F3N3O2. The molecule has 0 aliphatic carbocycles. The van der Waals surface area contributed by atoms with E-state index in [4.69, 9.17) is 0 Å². The number of hydrogen-bond acceptors (Lipinski definition) is 4. The molecule has 0 aromatic carbocycles. The van der Waals surface area contributed by atoms with Crippen LogP contribution in [0, 0.1) is 0 Å². The van der Waals surface area contributed by atoms with E-state index in [9.17, 15) is 18.0 Å². The van der Waals surface area contributed by atoms with Crippen LogP contribution in [0.2, 0.25) is 0 Å². The van der Waals surface area contributed by atoms with E-state index in [0.717, 1.165) is 0 Å². The van der Waals surface area contributed by atoms with Crippen molar-refractivity contribution in [3.63, 3.8) is 0 Å². The van der Waals surface area contributed by atoms with Gasteiger partial charge in [-0.2, -0.15) is 13.2 Å². The summed E-state index contributed by atoms with van der Waals surface area (Å²) in [5.74, 6) is -0.535. The molecule has 0 atom stereocenters. The molecule has 8 heteroatoms. The van der Waals surface area contributed by atoms with Crippen LogP contribution in [-0.4, -0.2) is 30.3 Å². The quantitative estimate of drug-likeness (QED) is 0.780. The molecule has 90 valence electrons. The van der Waals surface area contributed by atoms with Gasteiger partial charge in [0.25, 0.3) is 0 Å². The summed E-state index contributed by atoms with van der Waals surface area (Å²) in [6.07, 6.45) is -2.98. The van der Waals surface area contributed by atoms with Gasteiger partial charge in [0.1, 0.15) is 12.0 Å². The highest BCUT2D eigenvalue weighted by atomic mass is 19.4. The maximum atomic E-state index is 11.7. The average molecular weight is 237 g/mol. The number of aromatic nitrogens is 1. The molecule has 1 rings (SSSR count). The van der Waals surface area contributed by atoms with Crippen LogP contribution in [0.5, 0.6) is 0 Å². The number of hydrogen-bond donors (Lipinski definition) is 2. The first-order chi connectivity index (χ1) is 7.47. The molecule has 5 nitrogen and oxygen atoms in total. The summed E-state index contributed by atoms with van der Waals surface area (Å²) in [5.41, 5.74) is 0.504. The van der Waals surface area contributed by atoms with Gasteiger partial charge in [-0.1, -0.05) is 5.16 Å². The second kappa shape index (κ2) is 5.50. The van der Waals surface area contributed by atoms with Gasteiger partial charge in [0.15, 0.2) is 0 Å². The molecule has 1 heterocycles. The summed E-state index contributed by atoms with van der Waals surface area (Å²) in [4.78, 5) is 11.0. The van der Waals surface area contributed by atoms with Crippen LogP contribution in [0.15, 0.2) is 16.9 Å². The van der Waals surface area contributed by atoms with E-state index in [1.54, 1.807) is 6.07 Å². The summed E-state index contributed by atoms with van der Waals surface area (Å²) in [6.45, 7) is -1.45. The van der Waals surface area contributed by atoms with E-state index in [0.29, 0.717) is 5.69 Å². The van der Waals surface area contributed by atoms with Crippen molar-refractivity contribution in [2.75, 3.05) is 13.1 Å². The van der Waals surface area contributed by atoms with Gasteiger partial charge in [-0.05, 0) is 0 Å². The first kappa shape index (κ1) is 12.5. The van der Waals surface area contributed by atoms with Gasteiger partial charge in [0.05, 0.1) is 19.6 Å². The molecule has 1 aromatic rings. The topological polar surface area (TPSA) is 67.2 Å². The maximum Gasteiger partial charge on any atom is 0.401 e. The first-order valence-corrected chi connectivity index (χ1v) is 4.41. The number of amides is 1. The number of nitrogens with one attached hydrogen (secondary N) is 2. The Morgan fingerprint density at radius 2 is 2.25 bits per heavy atom. The number of carbonyl (C=O) groups is 1. The normalized spacial score (nSPS) is 11.4. The number of rotatable bonds is 5.